The van der Waals surface area contributed by atoms with Gasteiger partial charge in [-0.2, -0.15) is 0 Å². The fraction of sp³-hybridized carbons (Fsp3) is 0.235. The van der Waals surface area contributed by atoms with Crippen LogP contribution in [0.3, 0.4) is 0 Å². The minimum Gasteiger partial charge on any atom is -0.483 e. The number of ketones is 1. The Morgan fingerprint density at radius 1 is 1.27 bits per heavy atom. The fourth-order valence-corrected chi connectivity index (χ4v) is 1.97. The molecule has 0 unspecified atom stereocenters. The molecule has 1 fully saturated rings. The lowest BCUT2D eigenvalue weighted by Gasteiger charge is -2.05. The van der Waals surface area contributed by atoms with Crippen molar-refractivity contribution >= 4 is 11.9 Å². The van der Waals surface area contributed by atoms with E-state index >= 15 is 0 Å². The second kappa shape index (κ2) is 6.13. The maximum absolute atomic E-state index is 13.4. The molecule has 0 N–H and O–H groups in total. The molecule has 0 spiro atoms. The molecular weight excluding hydrogens is 290 g/mol. The molecule has 1 heterocycles. The lowest BCUT2D eigenvalue weighted by atomic mass is 10.2. The van der Waals surface area contributed by atoms with E-state index in [0.717, 1.165) is 25.0 Å². The lowest BCUT2D eigenvalue weighted by molar-refractivity contribution is -0.115. The highest BCUT2D eigenvalue weighted by molar-refractivity contribution is 5.96. The van der Waals surface area contributed by atoms with E-state index in [1.807, 2.05) is 0 Å². The zero-order chi connectivity index (χ0) is 15.5. The van der Waals surface area contributed by atoms with Crippen molar-refractivity contribution in [3.63, 3.8) is 0 Å². The van der Waals surface area contributed by atoms with Crippen LogP contribution in [-0.4, -0.2) is 5.78 Å². The van der Waals surface area contributed by atoms with Gasteiger partial charge in [0.25, 0.3) is 0 Å². The average Bonchev–Trinajstić information content (AvgIpc) is 3.24. The second-order valence-corrected chi connectivity index (χ2v) is 5.18. The molecule has 1 aromatic carbocycles. The molecule has 114 valence electrons. The topological polar surface area (TPSA) is 39.4 Å². The number of carbonyl (C=O) groups is 1. The largest absolute Gasteiger partial charge is 0.483 e. The first-order valence-corrected chi connectivity index (χ1v) is 7.00. The summed E-state index contributed by atoms with van der Waals surface area (Å²) in [5.41, 5.74) is 0. The standard InChI is InChI=1S/C17H14F2O3/c18-12-3-8-17(15(19)9-12)21-10-14-5-4-13(22-14)6-7-16(20)11-1-2-11/h3-9,11H,1-2,10H2/b7-6+. The van der Waals surface area contributed by atoms with E-state index in [4.69, 9.17) is 9.15 Å². The van der Waals surface area contributed by atoms with Crippen LogP contribution in [0.15, 0.2) is 40.8 Å². The van der Waals surface area contributed by atoms with Gasteiger partial charge in [-0.15, -0.1) is 0 Å². The minimum atomic E-state index is -0.762. The Hall–Kier alpha value is -2.43. The summed E-state index contributed by atoms with van der Waals surface area (Å²) in [6, 6.07) is 6.50. The molecule has 1 aliphatic carbocycles. The van der Waals surface area contributed by atoms with Gasteiger partial charge in [-0.05, 0) is 49.3 Å². The Bertz CT molecular complexity index is 714. The Labute approximate surface area is 126 Å². The number of rotatable bonds is 6. The molecule has 3 nitrogen and oxygen atoms in total. The van der Waals surface area contributed by atoms with Crippen molar-refractivity contribution < 1.29 is 22.7 Å². The predicted octanol–water partition coefficient (Wildman–Crippen LogP) is 4.13. The average molecular weight is 304 g/mol. The zero-order valence-corrected chi connectivity index (χ0v) is 11.7. The van der Waals surface area contributed by atoms with Crippen LogP contribution in [0.4, 0.5) is 8.78 Å². The Morgan fingerprint density at radius 3 is 2.82 bits per heavy atom. The summed E-state index contributed by atoms with van der Waals surface area (Å²) < 4.78 is 36.9. The third-order valence-electron chi connectivity index (χ3n) is 3.34. The van der Waals surface area contributed by atoms with E-state index < -0.39 is 11.6 Å². The highest BCUT2D eigenvalue weighted by Gasteiger charge is 2.27. The molecular formula is C17H14F2O3. The summed E-state index contributed by atoms with van der Waals surface area (Å²) >= 11 is 0. The van der Waals surface area contributed by atoms with Crippen LogP contribution < -0.4 is 4.74 Å². The van der Waals surface area contributed by atoms with Crippen LogP contribution in [-0.2, 0) is 11.4 Å². The number of benzene rings is 1. The smallest absolute Gasteiger partial charge is 0.167 e. The first-order valence-electron chi connectivity index (χ1n) is 7.00. The Morgan fingerprint density at radius 2 is 2.09 bits per heavy atom. The van der Waals surface area contributed by atoms with E-state index in [-0.39, 0.29) is 24.1 Å². The SMILES string of the molecule is O=C(/C=C/c1ccc(COc2ccc(F)cc2F)o1)C1CC1. The van der Waals surface area contributed by atoms with Crippen LogP contribution in [0.1, 0.15) is 24.4 Å². The molecule has 1 saturated carbocycles. The molecule has 0 bridgehead atoms. The number of ether oxygens (including phenoxy) is 1. The number of furan rings is 1. The maximum Gasteiger partial charge on any atom is 0.167 e. The van der Waals surface area contributed by atoms with Crippen LogP contribution in [0, 0.1) is 17.6 Å². The summed E-state index contributed by atoms with van der Waals surface area (Å²) in [7, 11) is 0. The number of hydrogen-bond acceptors (Lipinski definition) is 3. The van der Waals surface area contributed by atoms with E-state index in [1.54, 1.807) is 18.2 Å². The van der Waals surface area contributed by atoms with Crippen LogP contribution in [0.2, 0.25) is 0 Å². The molecule has 0 atom stereocenters. The van der Waals surface area contributed by atoms with Gasteiger partial charge in [0.15, 0.2) is 17.3 Å². The van der Waals surface area contributed by atoms with Crippen molar-refractivity contribution in [3.8, 4) is 5.75 Å². The van der Waals surface area contributed by atoms with E-state index in [9.17, 15) is 13.6 Å². The molecule has 0 amide bonds. The van der Waals surface area contributed by atoms with Gasteiger partial charge in [0.05, 0.1) is 0 Å². The first-order chi connectivity index (χ1) is 10.6. The predicted molar refractivity (Wildman–Crippen MR) is 76.2 cm³/mol. The van der Waals surface area contributed by atoms with Gasteiger partial charge in [0.2, 0.25) is 0 Å². The zero-order valence-electron chi connectivity index (χ0n) is 11.7. The van der Waals surface area contributed by atoms with Crippen molar-refractivity contribution in [2.24, 2.45) is 5.92 Å². The van der Waals surface area contributed by atoms with Gasteiger partial charge in [-0.1, -0.05) is 0 Å². The molecule has 1 aliphatic rings. The van der Waals surface area contributed by atoms with E-state index in [2.05, 4.69) is 0 Å². The summed E-state index contributed by atoms with van der Waals surface area (Å²) in [5.74, 6) is -0.149. The van der Waals surface area contributed by atoms with Gasteiger partial charge in [0, 0.05) is 12.0 Å². The van der Waals surface area contributed by atoms with Gasteiger partial charge in [-0.25, -0.2) is 8.78 Å². The Kier molecular flexibility index (Phi) is 4.04. The minimum absolute atomic E-state index is 0.0208. The highest BCUT2D eigenvalue weighted by atomic mass is 19.1. The third kappa shape index (κ3) is 3.61. The van der Waals surface area contributed by atoms with Crippen molar-refractivity contribution in [1.82, 2.24) is 0 Å². The molecule has 0 saturated heterocycles. The normalized spacial score (nSPS) is 14.5. The quantitative estimate of drug-likeness (QED) is 0.753. The number of allylic oxidation sites excluding steroid dienone is 1. The lowest BCUT2D eigenvalue weighted by Crippen LogP contribution is -1.96. The van der Waals surface area contributed by atoms with Crippen LogP contribution in [0.5, 0.6) is 5.75 Å². The van der Waals surface area contributed by atoms with Gasteiger partial charge in [-0.3, -0.25) is 4.79 Å². The monoisotopic (exact) mass is 304 g/mol. The van der Waals surface area contributed by atoms with Crippen LogP contribution >= 0.6 is 0 Å². The van der Waals surface area contributed by atoms with Gasteiger partial charge < -0.3 is 9.15 Å². The number of hydrogen-bond donors (Lipinski definition) is 0. The molecule has 0 radical (unpaired) electrons. The van der Waals surface area contributed by atoms with Gasteiger partial charge in [0.1, 0.15) is 23.9 Å². The Balaban J connectivity index is 1.58. The fourth-order valence-electron chi connectivity index (χ4n) is 1.97. The summed E-state index contributed by atoms with van der Waals surface area (Å²) in [6.07, 6.45) is 5.05. The number of halogens is 2. The van der Waals surface area contributed by atoms with Gasteiger partial charge >= 0.3 is 0 Å². The molecule has 22 heavy (non-hydrogen) atoms. The summed E-state index contributed by atoms with van der Waals surface area (Å²) in [6.45, 7) is 0.0208. The third-order valence-corrected chi connectivity index (χ3v) is 3.34. The molecule has 2 aromatic rings. The molecule has 3 rings (SSSR count). The summed E-state index contributed by atoms with van der Waals surface area (Å²) in [4.78, 5) is 11.5. The molecule has 5 heteroatoms. The summed E-state index contributed by atoms with van der Waals surface area (Å²) in [5, 5.41) is 0. The van der Waals surface area contributed by atoms with Crippen LogP contribution in [0.25, 0.3) is 6.08 Å². The second-order valence-electron chi connectivity index (χ2n) is 5.18. The van der Waals surface area contributed by atoms with Crippen molar-refractivity contribution in [3.05, 3.63) is 59.6 Å². The van der Waals surface area contributed by atoms with E-state index in [1.165, 1.54) is 12.1 Å². The van der Waals surface area contributed by atoms with E-state index in [0.29, 0.717) is 11.5 Å². The molecule has 1 aromatic heterocycles. The first kappa shape index (κ1) is 14.5. The highest BCUT2D eigenvalue weighted by Crippen LogP contribution is 2.30. The molecule has 0 aliphatic heterocycles. The van der Waals surface area contributed by atoms with Crippen molar-refractivity contribution in [2.45, 2.75) is 19.4 Å². The van der Waals surface area contributed by atoms with Crippen molar-refractivity contribution in [1.29, 1.82) is 0 Å². The maximum atomic E-state index is 13.4. The number of carbonyl (C=O) groups excluding carboxylic acids is 1. The van der Waals surface area contributed by atoms with Crippen molar-refractivity contribution in [2.75, 3.05) is 0 Å².